The summed E-state index contributed by atoms with van der Waals surface area (Å²) in [4.78, 5) is 30.8. The molecule has 33 heavy (non-hydrogen) atoms. The summed E-state index contributed by atoms with van der Waals surface area (Å²) in [5.74, 6) is -0.705. The SMILES string of the molecule is C=C[Si](C)(C)CCc1c2c(nc3ccccc13)-c1cc3c(c(=O)n1C2)COC(=O)[C@]3(O)CC. The van der Waals surface area contributed by atoms with E-state index in [0.717, 1.165) is 34.6 Å². The number of carbonyl (C=O) groups is 1. The fraction of sp³-hybridized carbons (Fsp3) is 0.346. The molecule has 7 heteroatoms. The van der Waals surface area contributed by atoms with Gasteiger partial charge in [-0.15, -0.1) is 12.3 Å². The van der Waals surface area contributed by atoms with E-state index >= 15 is 0 Å². The Morgan fingerprint density at radius 1 is 1.27 bits per heavy atom. The predicted molar refractivity (Wildman–Crippen MR) is 131 cm³/mol. The molecule has 1 aromatic carbocycles. The van der Waals surface area contributed by atoms with E-state index in [9.17, 15) is 14.7 Å². The van der Waals surface area contributed by atoms with E-state index in [0.29, 0.717) is 23.4 Å². The summed E-state index contributed by atoms with van der Waals surface area (Å²) in [5, 5.41) is 12.2. The highest BCUT2D eigenvalue weighted by Gasteiger charge is 2.45. The molecule has 2 aromatic heterocycles. The Labute approximate surface area is 193 Å². The zero-order valence-electron chi connectivity index (χ0n) is 19.3. The molecule has 1 N–H and O–H groups in total. The number of para-hydroxylation sites is 1. The maximum absolute atomic E-state index is 13.5. The van der Waals surface area contributed by atoms with Crippen LogP contribution in [0.5, 0.6) is 0 Å². The van der Waals surface area contributed by atoms with Crippen LogP contribution in [0.4, 0.5) is 0 Å². The largest absolute Gasteiger partial charge is 0.458 e. The van der Waals surface area contributed by atoms with Gasteiger partial charge in [0, 0.05) is 16.5 Å². The van der Waals surface area contributed by atoms with Crippen molar-refractivity contribution in [3.63, 3.8) is 0 Å². The lowest BCUT2D eigenvalue weighted by atomic mass is 9.86. The van der Waals surface area contributed by atoms with Crippen LogP contribution in [0.3, 0.4) is 0 Å². The number of benzene rings is 1. The molecule has 0 unspecified atom stereocenters. The van der Waals surface area contributed by atoms with Crippen LogP contribution in [-0.2, 0) is 34.7 Å². The quantitative estimate of drug-likeness (QED) is 0.359. The number of hydrogen-bond acceptors (Lipinski definition) is 5. The van der Waals surface area contributed by atoms with Crippen molar-refractivity contribution in [1.29, 1.82) is 0 Å². The Morgan fingerprint density at radius 3 is 2.76 bits per heavy atom. The first-order chi connectivity index (χ1) is 15.7. The monoisotopic (exact) mass is 460 g/mol. The number of ether oxygens (including phenoxy) is 1. The standard InChI is InChI=1S/C26H28N2O4Si/c1-5-26(31)20-13-22-23-18(14-28(22)24(29)19(20)15-32-25(26)30)16(11-12-33(3,4)6-2)17-9-7-8-10-21(17)27-23/h6-10,13,31H,2,5,11-12,14-15H2,1,3-4H3/t26-/m0/s1. The number of rotatable bonds is 5. The fourth-order valence-corrected chi connectivity index (χ4v) is 6.05. The first-order valence-electron chi connectivity index (χ1n) is 11.4. The Balaban J connectivity index is 1.74. The molecule has 5 rings (SSSR count). The van der Waals surface area contributed by atoms with Crippen LogP contribution in [0, 0.1) is 0 Å². The summed E-state index contributed by atoms with van der Waals surface area (Å²) in [7, 11) is -1.54. The molecule has 2 aliphatic rings. The molecule has 3 aromatic rings. The van der Waals surface area contributed by atoms with Crippen LogP contribution in [0.2, 0.25) is 19.1 Å². The number of pyridine rings is 2. The highest BCUT2D eigenvalue weighted by molar-refractivity contribution is 6.82. The lowest BCUT2D eigenvalue weighted by Gasteiger charge is -2.31. The first kappa shape index (κ1) is 21.8. The van der Waals surface area contributed by atoms with Gasteiger partial charge in [-0.2, -0.15) is 0 Å². The number of cyclic esters (lactones) is 1. The normalized spacial score (nSPS) is 19.1. The summed E-state index contributed by atoms with van der Waals surface area (Å²) in [6.07, 6.45) is 1.02. The molecule has 4 heterocycles. The summed E-state index contributed by atoms with van der Waals surface area (Å²) in [6, 6.07) is 10.9. The van der Waals surface area contributed by atoms with Gasteiger partial charge in [0.1, 0.15) is 6.61 Å². The van der Waals surface area contributed by atoms with Crippen LogP contribution in [-0.4, -0.2) is 28.7 Å². The molecule has 0 saturated carbocycles. The van der Waals surface area contributed by atoms with E-state index in [1.54, 1.807) is 17.6 Å². The summed E-state index contributed by atoms with van der Waals surface area (Å²) in [5.41, 5.74) is 5.34. The Morgan fingerprint density at radius 2 is 2.03 bits per heavy atom. The number of aliphatic hydroxyl groups is 1. The van der Waals surface area contributed by atoms with Gasteiger partial charge < -0.3 is 14.4 Å². The van der Waals surface area contributed by atoms with Crippen molar-refractivity contribution in [2.45, 2.75) is 57.7 Å². The third-order valence-corrected chi connectivity index (χ3v) is 9.93. The molecule has 6 nitrogen and oxygen atoms in total. The van der Waals surface area contributed by atoms with Gasteiger partial charge in [0.2, 0.25) is 0 Å². The van der Waals surface area contributed by atoms with Crippen molar-refractivity contribution in [1.82, 2.24) is 9.55 Å². The molecule has 0 saturated heterocycles. The summed E-state index contributed by atoms with van der Waals surface area (Å²) < 4.78 is 6.89. The van der Waals surface area contributed by atoms with Crippen LogP contribution in [0.15, 0.2) is 47.4 Å². The van der Waals surface area contributed by atoms with Gasteiger partial charge in [-0.05, 0) is 30.5 Å². The van der Waals surface area contributed by atoms with Crippen LogP contribution in [0.1, 0.15) is 35.6 Å². The molecule has 0 radical (unpaired) electrons. The predicted octanol–water partition coefficient (Wildman–Crippen LogP) is 4.06. The number of nitrogens with zero attached hydrogens (tertiary/aromatic N) is 2. The molecule has 0 aliphatic carbocycles. The lowest BCUT2D eigenvalue weighted by molar-refractivity contribution is -0.172. The minimum Gasteiger partial charge on any atom is -0.458 e. The van der Waals surface area contributed by atoms with Crippen LogP contribution in [0.25, 0.3) is 22.3 Å². The van der Waals surface area contributed by atoms with Crippen LogP contribution >= 0.6 is 0 Å². The number of hydrogen-bond donors (Lipinski definition) is 1. The van der Waals surface area contributed by atoms with Gasteiger partial charge in [0.25, 0.3) is 5.56 Å². The van der Waals surface area contributed by atoms with Gasteiger partial charge in [-0.1, -0.05) is 44.3 Å². The van der Waals surface area contributed by atoms with E-state index < -0.39 is 19.6 Å². The highest BCUT2D eigenvalue weighted by atomic mass is 28.3. The minimum atomic E-state index is -1.82. The van der Waals surface area contributed by atoms with Crippen molar-refractivity contribution in [2.75, 3.05) is 0 Å². The maximum atomic E-state index is 13.5. The van der Waals surface area contributed by atoms with Crippen LogP contribution < -0.4 is 5.56 Å². The summed E-state index contributed by atoms with van der Waals surface area (Å²) in [6.45, 7) is 10.7. The van der Waals surface area contributed by atoms with Crippen molar-refractivity contribution in [2.24, 2.45) is 0 Å². The second kappa shape index (κ2) is 7.50. The van der Waals surface area contributed by atoms with Gasteiger partial charge in [0.05, 0.1) is 37.1 Å². The Kier molecular flexibility index (Phi) is 4.95. The number of fused-ring (bicyclic) bond motifs is 5. The van der Waals surface area contributed by atoms with Crippen molar-refractivity contribution in [3.05, 3.63) is 75.2 Å². The van der Waals surface area contributed by atoms with Crippen molar-refractivity contribution < 1.29 is 14.6 Å². The number of aromatic nitrogens is 2. The third-order valence-electron chi connectivity index (χ3n) is 7.29. The molecule has 0 amide bonds. The van der Waals surface area contributed by atoms with E-state index in [-0.39, 0.29) is 18.6 Å². The molecular weight excluding hydrogens is 432 g/mol. The van der Waals surface area contributed by atoms with Crippen molar-refractivity contribution >= 4 is 24.9 Å². The fourth-order valence-electron chi connectivity index (χ4n) is 4.95. The second-order valence-electron chi connectivity index (χ2n) is 9.73. The molecule has 2 aliphatic heterocycles. The van der Waals surface area contributed by atoms with Gasteiger partial charge in [-0.25, -0.2) is 9.78 Å². The molecule has 0 bridgehead atoms. The topological polar surface area (TPSA) is 81.4 Å². The first-order valence-corrected chi connectivity index (χ1v) is 14.7. The van der Waals surface area contributed by atoms with E-state index in [1.807, 2.05) is 18.2 Å². The molecule has 0 fully saturated rings. The Hall–Kier alpha value is -3.03. The van der Waals surface area contributed by atoms with E-state index in [1.165, 1.54) is 5.56 Å². The minimum absolute atomic E-state index is 0.118. The second-order valence-corrected chi connectivity index (χ2v) is 14.6. The molecule has 170 valence electrons. The lowest BCUT2D eigenvalue weighted by Crippen LogP contribution is -2.44. The van der Waals surface area contributed by atoms with E-state index in [4.69, 9.17) is 9.72 Å². The molecule has 0 spiro atoms. The number of esters is 1. The van der Waals surface area contributed by atoms with Gasteiger partial charge in [0.15, 0.2) is 5.60 Å². The average Bonchev–Trinajstić information content (AvgIpc) is 3.18. The average molecular weight is 461 g/mol. The zero-order chi connectivity index (χ0) is 23.5. The van der Waals surface area contributed by atoms with Gasteiger partial charge in [-0.3, -0.25) is 4.79 Å². The smallest absolute Gasteiger partial charge is 0.343 e. The number of aryl methyl sites for hydroxylation is 1. The van der Waals surface area contributed by atoms with Gasteiger partial charge >= 0.3 is 5.97 Å². The Bertz CT molecular complexity index is 1390. The maximum Gasteiger partial charge on any atom is 0.343 e. The van der Waals surface area contributed by atoms with Crippen molar-refractivity contribution in [3.8, 4) is 11.4 Å². The summed E-state index contributed by atoms with van der Waals surface area (Å²) >= 11 is 0. The number of carbonyl (C=O) groups excluding carboxylic acids is 1. The molecular formula is C26H28N2O4Si. The highest BCUT2D eigenvalue weighted by Crippen LogP contribution is 2.40. The zero-order valence-corrected chi connectivity index (χ0v) is 20.3. The third kappa shape index (κ3) is 3.21. The van der Waals surface area contributed by atoms with E-state index in [2.05, 4.69) is 31.4 Å². The molecule has 1 atom stereocenters.